The number of halogens is 3. The van der Waals surface area contributed by atoms with Gasteiger partial charge in [0.2, 0.25) is 5.91 Å². The molecule has 0 saturated carbocycles. The minimum Gasteiger partial charge on any atom is -0.340 e. The highest BCUT2D eigenvalue weighted by Gasteiger charge is 2.22. The van der Waals surface area contributed by atoms with E-state index < -0.39 is 0 Å². The van der Waals surface area contributed by atoms with E-state index in [1.807, 2.05) is 11.1 Å². The van der Waals surface area contributed by atoms with Gasteiger partial charge in [0.1, 0.15) is 5.82 Å². The summed E-state index contributed by atoms with van der Waals surface area (Å²) < 4.78 is 16.5. The van der Waals surface area contributed by atoms with Crippen LogP contribution in [0.1, 0.15) is 12.0 Å². The molecule has 0 N–H and O–H groups in total. The molecule has 0 aliphatic carbocycles. The molecule has 1 aromatic heterocycles. The molecule has 1 aliphatic rings. The number of hydrogen-bond acceptors (Lipinski definition) is 3. The lowest BCUT2D eigenvalue weighted by Crippen LogP contribution is -2.48. The van der Waals surface area contributed by atoms with Crippen LogP contribution in [0.25, 0.3) is 0 Å². The molecule has 1 aliphatic heterocycles. The maximum absolute atomic E-state index is 13.9. The largest absolute Gasteiger partial charge is 0.340 e. The molecule has 0 bridgehead atoms. The van der Waals surface area contributed by atoms with E-state index in [1.165, 1.54) is 6.07 Å². The van der Waals surface area contributed by atoms with E-state index >= 15 is 0 Å². The molecule has 1 amide bonds. The van der Waals surface area contributed by atoms with Gasteiger partial charge in [-0.1, -0.05) is 17.7 Å². The Kier molecular flexibility index (Phi) is 6.09. The second-order valence-corrected chi connectivity index (χ2v) is 7.35. The van der Waals surface area contributed by atoms with Crippen molar-refractivity contribution >= 4 is 33.4 Å². The van der Waals surface area contributed by atoms with Crippen LogP contribution >= 0.6 is 27.5 Å². The Bertz CT molecular complexity index is 726. The predicted octanol–water partition coefficient (Wildman–Crippen LogP) is 3.17. The molecule has 8 heteroatoms. The van der Waals surface area contributed by atoms with Crippen LogP contribution in [0.15, 0.2) is 35.1 Å². The number of rotatable bonds is 5. The normalized spacial score (nSPS) is 15.6. The van der Waals surface area contributed by atoms with Crippen molar-refractivity contribution in [2.75, 3.05) is 26.2 Å². The van der Waals surface area contributed by atoms with Crippen LogP contribution in [0.5, 0.6) is 0 Å². The first-order chi connectivity index (χ1) is 12.0. The molecule has 0 radical (unpaired) electrons. The lowest BCUT2D eigenvalue weighted by atomic mass is 10.1. The molecule has 0 unspecified atom stereocenters. The van der Waals surface area contributed by atoms with Gasteiger partial charge in [-0.2, -0.15) is 5.10 Å². The molecule has 25 heavy (non-hydrogen) atoms. The van der Waals surface area contributed by atoms with E-state index in [-0.39, 0.29) is 11.7 Å². The van der Waals surface area contributed by atoms with Gasteiger partial charge in [0.05, 0.1) is 10.7 Å². The lowest BCUT2D eigenvalue weighted by Gasteiger charge is -2.35. The number of hydrogen-bond donors (Lipinski definition) is 0. The second kappa shape index (κ2) is 8.29. The average Bonchev–Trinajstić information content (AvgIpc) is 3.02. The number of nitrogens with zero attached hydrogens (tertiary/aromatic N) is 4. The number of aryl methyl sites for hydroxylation is 1. The van der Waals surface area contributed by atoms with Gasteiger partial charge < -0.3 is 4.90 Å². The van der Waals surface area contributed by atoms with Crippen LogP contribution in [0.2, 0.25) is 5.02 Å². The summed E-state index contributed by atoms with van der Waals surface area (Å²) in [6, 6.07) is 4.73. The van der Waals surface area contributed by atoms with Crippen molar-refractivity contribution in [3.05, 3.63) is 51.5 Å². The Morgan fingerprint density at radius 1 is 1.28 bits per heavy atom. The standard InChI is InChI=1S/C17H19BrClFN4O/c18-13-10-21-24(11-13)5-4-17(25)23-8-6-22(7-9-23)12-14-15(19)2-1-3-16(14)20/h1-3,10-11H,4-9,12H2. The zero-order chi connectivity index (χ0) is 17.8. The molecule has 0 atom stereocenters. The molecule has 0 spiro atoms. The third kappa shape index (κ3) is 4.80. The Morgan fingerprint density at radius 2 is 2.04 bits per heavy atom. The van der Waals surface area contributed by atoms with E-state index in [4.69, 9.17) is 11.6 Å². The fraction of sp³-hybridized carbons (Fsp3) is 0.412. The van der Waals surface area contributed by atoms with Gasteiger partial charge >= 0.3 is 0 Å². The average molecular weight is 430 g/mol. The Balaban J connectivity index is 1.47. The summed E-state index contributed by atoms with van der Waals surface area (Å²) in [6.07, 6.45) is 3.98. The summed E-state index contributed by atoms with van der Waals surface area (Å²) >= 11 is 9.43. The molecule has 1 saturated heterocycles. The maximum atomic E-state index is 13.9. The third-order valence-corrected chi connectivity index (χ3v) is 5.09. The molecule has 134 valence electrons. The van der Waals surface area contributed by atoms with Gasteiger partial charge in [-0.25, -0.2) is 4.39 Å². The van der Waals surface area contributed by atoms with Crippen molar-refractivity contribution in [1.29, 1.82) is 0 Å². The summed E-state index contributed by atoms with van der Waals surface area (Å²) in [4.78, 5) is 16.3. The molecule has 5 nitrogen and oxygen atoms in total. The summed E-state index contributed by atoms with van der Waals surface area (Å²) in [5.74, 6) is -0.161. The number of benzene rings is 1. The SMILES string of the molecule is O=C(CCn1cc(Br)cn1)N1CCN(Cc2c(F)cccc2Cl)CC1. The van der Waals surface area contributed by atoms with Crippen molar-refractivity contribution in [1.82, 2.24) is 19.6 Å². The molecular formula is C17H19BrClFN4O. The highest BCUT2D eigenvalue weighted by molar-refractivity contribution is 9.10. The summed E-state index contributed by atoms with van der Waals surface area (Å²) in [7, 11) is 0. The highest BCUT2D eigenvalue weighted by Crippen LogP contribution is 2.21. The van der Waals surface area contributed by atoms with Gasteiger partial charge in [-0.15, -0.1) is 0 Å². The van der Waals surface area contributed by atoms with Gasteiger partial charge in [0.25, 0.3) is 0 Å². The topological polar surface area (TPSA) is 41.4 Å². The first-order valence-electron chi connectivity index (χ1n) is 8.14. The summed E-state index contributed by atoms with van der Waals surface area (Å²) in [5, 5.41) is 4.60. The van der Waals surface area contributed by atoms with Crippen molar-refractivity contribution in [3.63, 3.8) is 0 Å². The minimum absolute atomic E-state index is 0.121. The van der Waals surface area contributed by atoms with Crippen molar-refractivity contribution < 1.29 is 9.18 Å². The molecular weight excluding hydrogens is 411 g/mol. The van der Waals surface area contributed by atoms with E-state index in [9.17, 15) is 9.18 Å². The van der Waals surface area contributed by atoms with Crippen LogP contribution in [-0.4, -0.2) is 51.7 Å². The zero-order valence-electron chi connectivity index (χ0n) is 13.7. The smallest absolute Gasteiger partial charge is 0.224 e. The third-order valence-electron chi connectivity index (χ3n) is 4.32. The van der Waals surface area contributed by atoms with Gasteiger partial charge in [-0.3, -0.25) is 14.4 Å². The Hall–Kier alpha value is -1.44. The molecule has 2 heterocycles. The first-order valence-corrected chi connectivity index (χ1v) is 9.31. The van der Waals surface area contributed by atoms with Crippen molar-refractivity contribution in [3.8, 4) is 0 Å². The number of aromatic nitrogens is 2. The summed E-state index contributed by atoms with van der Waals surface area (Å²) in [5.41, 5.74) is 0.521. The zero-order valence-corrected chi connectivity index (χ0v) is 16.0. The number of piperazine rings is 1. The van der Waals surface area contributed by atoms with Crippen LogP contribution < -0.4 is 0 Å². The molecule has 3 rings (SSSR count). The fourth-order valence-electron chi connectivity index (χ4n) is 2.89. The lowest BCUT2D eigenvalue weighted by molar-refractivity contribution is -0.133. The fourth-order valence-corrected chi connectivity index (χ4v) is 3.44. The molecule has 1 fully saturated rings. The summed E-state index contributed by atoms with van der Waals surface area (Å²) in [6.45, 7) is 3.75. The number of carbonyl (C=O) groups is 1. The van der Waals surface area contributed by atoms with E-state index in [1.54, 1.807) is 23.0 Å². The van der Waals surface area contributed by atoms with Crippen LogP contribution in [0.3, 0.4) is 0 Å². The maximum Gasteiger partial charge on any atom is 0.224 e. The first kappa shape index (κ1) is 18.4. The van der Waals surface area contributed by atoms with E-state index in [2.05, 4.69) is 25.9 Å². The van der Waals surface area contributed by atoms with E-state index in [0.717, 1.165) is 4.47 Å². The van der Waals surface area contributed by atoms with Crippen LogP contribution in [0, 0.1) is 5.82 Å². The monoisotopic (exact) mass is 428 g/mol. The molecule has 1 aromatic carbocycles. The van der Waals surface area contributed by atoms with Crippen molar-refractivity contribution in [2.45, 2.75) is 19.5 Å². The minimum atomic E-state index is -0.281. The van der Waals surface area contributed by atoms with Gasteiger partial charge in [0, 0.05) is 62.5 Å². The van der Waals surface area contributed by atoms with Crippen molar-refractivity contribution in [2.24, 2.45) is 0 Å². The Morgan fingerprint density at radius 3 is 2.68 bits per heavy atom. The quantitative estimate of drug-likeness (QED) is 0.733. The number of amides is 1. The second-order valence-electron chi connectivity index (χ2n) is 6.03. The predicted molar refractivity (Wildman–Crippen MR) is 97.8 cm³/mol. The van der Waals surface area contributed by atoms with Crippen LogP contribution in [-0.2, 0) is 17.9 Å². The van der Waals surface area contributed by atoms with E-state index in [0.29, 0.717) is 56.3 Å². The molecule has 2 aromatic rings. The highest BCUT2D eigenvalue weighted by atomic mass is 79.9. The van der Waals surface area contributed by atoms with Crippen LogP contribution in [0.4, 0.5) is 4.39 Å². The van der Waals surface area contributed by atoms with Gasteiger partial charge in [-0.05, 0) is 28.1 Å². The van der Waals surface area contributed by atoms with Gasteiger partial charge in [0.15, 0.2) is 0 Å². The Labute approximate surface area is 159 Å². The number of carbonyl (C=O) groups excluding carboxylic acids is 1.